The molecular weight excluding hydrogens is 379 g/mol. The quantitative estimate of drug-likeness (QED) is 0.337. The van der Waals surface area contributed by atoms with Crippen LogP contribution >= 0.6 is 0 Å². The van der Waals surface area contributed by atoms with Crippen LogP contribution in [0.4, 0.5) is 18.9 Å². The van der Waals surface area contributed by atoms with Crippen LogP contribution in [0.3, 0.4) is 0 Å². The van der Waals surface area contributed by atoms with Crippen LogP contribution in [0.15, 0.2) is 48.5 Å². The van der Waals surface area contributed by atoms with Crippen molar-refractivity contribution in [3.63, 3.8) is 0 Å². The van der Waals surface area contributed by atoms with Gasteiger partial charge in [-0.3, -0.25) is 10.1 Å². The number of hydrogen-bond acceptors (Lipinski definition) is 2. The van der Waals surface area contributed by atoms with E-state index in [1.165, 1.54) is 24.3 Å². The molecular formula is C23H28F3NO2. The van der Waals surface area contributed by atoms with Crippen LogP contribution in [0, 0.1) is 10.1 Å². The van der Waals surface area contributed by atoms with E-state index >= 15 is 0 Å². The highest BCUT2D eigenvalue weighted by Gasteiger charge is 2.49. The zero-order chi connectivity index (χ0) is 21.9. The molecule has 0 aliphatic carbocycles. The second-order valence-corrected chi connectivity index (χ2v) is 7.46. The maximum Gasteiger partial charge on any atom is 0.416 e. The molecule has 0 bridgehead atoms. The topological polar surface area (TPSA) is 43.1 Å². The first-order valence-corrected chi connectivity index (χ1v) is 10.0. The highest BCUT2D eigenvalue weighted by atomic mass is 19.4. The predicted octanol–water partition coefficient (Wildman–Crippen LogP) is 7.43. The third-order valence-electron chi connectivity index (χ3n) is 6.70. The minimum atomic E-state index is -4.41. The summed E-state index contributed by atoms with van der Waals surface area (Å²) in [6.07, 6.45) is -1.68. The fraction of sp³-hybridized carbons (Fsp3) is 0.478. The summed E-state index contributed by atoms with van der Waals surface area (Å²) in [5.74, 6) is 0. The van der Waals surface area contributed by atoms with Gasteiger partial charge in [-0.1, -0.05) is 58.0 Å². The van der Waals surface area contributed by atoms with E-state index in [0.29, 0.717) is 31.2 Å². The minimum absolute atomic E-state index is 0.00696. The van der Waals surface area contributed by atoms with Gasteiger partial charge in [0.1, 0.15) is 0 Å². The van der Waals surface area contributed by atoms with E-state index in [1.54, 1.807) is 18.2 Å². The summed E-state index contributed by atoms with van der Waals surface area (Å²) in [6, 6.07) is 12.1. The Morgan fingerprint density at radius 1 is 0.759 bits per heavy atom. The molecule has 0 N–H and O–H groups in total. The van der Waals surface area contributed by atoms with E-state index in [-0.39, 0.29) is 5.69 Å². The first-order chi connectivity index (χ1) is 13.6. The largest absolute Gasteiger partial charge is 0.416 e. The summed E-state index contributed by atoms with van der Waals surface area (Å²) in [5, 5.41) is 11.1. The maximum absolute atomic E-state index is 13.4. The Morgan fingerprint density at radius 2 is 1.21 bits per heavy atom. The van der Waals surface area contributed by atoms with Gasteiger partial charge in [-0.25, -0.2) is 0 Å². The van der Waals surface area contributed by atoms with Gasteiger partial charge in [0, 0.05) is 23.0 Å². The summed E-state index contributed by atoms with van der Waals surface area (Å²) in [6.45, 7) is 8.10. The Balaban J connectivity index is 2.75. The van der Waals surface area contributed by atoms with Crippen molar-refractivity contribution >= 4 is 5.69 Å². The molecule has 0 saturated heterocycles. The third kappa shape index (κ3) is 3.89. The number of nitro benzene ring substituents is 1. The lowest BCUT2D eigenvalue weighted by molar-refractivity contribution is -0.384. The molecule has 0 aliphatic heterocycles. The summed E-state index contributed by atoms with van der Waals surface area (Å²) in [4.78, 5) is 10.6. The van der Waals surface area contributed by atoms with E-state index in [9.17, 15) is 23.3 Å². The van der Waals surface area contributed by atoms with Gasteiger partial charge < -0.3 is 0 Å². The average molecular weight is 407 g/mol. The second-order valence-electron chi connectivity index (χ2n) is 7.46. The Morgan fingerprint density at radius 3 is 1.62 bits per heavy atom. The summed E-state index contributed by atoms with van der Waals surface area (Å²) in [7, 11) is 0. The molecule has 158 valence electrons. The molecule has 0 unspecified atom stereocenters. The number of nitrogens with zero attached hydrogens (tertiary/aromatic N) is 1. The lowest BCUT2D eigenvalue weighted by Crippen LogP contribution is -2.48. The molecule has 6 heteroatoms. The molecule has 29 heavy (non-hydrogen) atoms. The van der Waals surface area contributed by atoms with E-state index in [2.05, 4.69) is 0 Å². The van der Waals surface area contributed by atoms with Gasteiger partial charge in [-0.15, -0.1) is 0 Å². The number of alkyl halides is 3. The number of hydrogen-bond donors (Lipinski definition) is 0. The van der Waals surface area contributed by atoms with Crippen molar-refractivity contribution in [1.29, 1.82) is 0 Å². The molecule has 0 amide bonds. The smallest absolute Gasteiger partial charge is 0.258 e. The third-order valence-corrected chi connectivity index (χ3v) is 6.70. The number of nitro groups is 1. The van der Waals surface area contributed by atoms with E-state index < -0.39 is 27.5 Å². The van der Waals surface area contributed by atoms with Gasteiger partial charge in [-0.05, 0) is 42.9 Å². The van der Waals surface area contributed by atoms with Crippen LogP contribution in [0.5, 0.6) is 0 Å². The number of rotatable bonds is 8. The van der Waals surface area contributed by atoms with Gasteiger partial charge in [-0.2, -0.15) is 13.2 Å². The lowest BCUT2D eigenvalue weighted by Gasteiger charge is -2.51. The molecule has 0 heterocycles. The van der Waals surface area contributed by atoms with Gasteiger partial charge in [0.15, 0.2) is 0 Å². The first-order valence-electron chi connectivity index (χ1n) is 10.0. The minimum Gasteiger partial charge on any atom is -0.258 e. The van der Waals surface area contributed by atoms with Gasteiger partial charge in [0.2, 0.25) is 0 Å². The van der Waals surface area contributed by atoms with Crippen LogP contribution in [0.25, 0.3) is 0 Å². The fourth-order valence-corrected chi connectivity index (χ4v) is 5.12. The highest BCUT2D eigenvalue weighted by Crippen LogP contribution is 2.53. The van der Waals surface area contributed by atoms with Gasteiger partial charge in [0.25, 0.3) is 5.69 Å². The molecule has 3 nitrogen and oxygen atoms in total. The normalized spacial score (nSPS) is 12.8. The van der Waals surface area contributed by atoms with Crippen molar-refractivity contribution in [3.05, 3.63) is 75.3 Å². The van der Waals surface area contributed by atoms with Crippen LogP contribution in [0.1, 0.15) is 70.1 Å². The van der Waals surface area contributed by atoms with Crippen LogP contribution < -0.4 is 0 Å². The molecule has 0 aromatic heterocycles. The number of halogens is 3. The zero-order valence-corrected chi connectivity index (χ0v) is 17.3. The maximum atomic E-state index is 13.4. The Labute approximate surface area is 170 Å². The summed E-state index contributed by atoms with van der Waals surface area (Å²) in [5.41, 5.74) is -0.0313. The lowest BCUT2D eigenvalue weighted by atomic mass is 9.52. The first kappa shape index (κ1) is 22.9. The van der Waals surface area contributed by atoms with E-state index in [1.807, 2.05) is 27.7 Å². The molecule has 0 radical (unpaired) electrons. The van der Waals surface area contributed by atoms with Crippen molar-refractivity contribution in [1.82, 2.24) is 0 Å². The summed E-state index contributed by atoms with van der Waals surface area (Å²) < 4.78 is 40.2. The Hall–Kier alpha value is -2.37. The summed E-state index contributed by atoms with van der Waals surface area (Å²) >= 11 is 0. The second kappa shape index (κ2) is 8.56. The average Bonchev–Trinajstić information content (AvgIpc) is 2.72. The molecule has 0 saturated carbocycles. The molecule has 2 aromatic carbocycles. The zero-order valence-electron chi connectivity index (χ0n) is 17.3. The molecule has 2 aromatic rings. The SMILES string of the molecule is CCC(CC)(c1ccc([N+](=O)[O-])cc1)C(CC)(CC)c1cccc(C(F)(F)F)c1. The van der Waals surface area contributed by atoms with Crippen LogP contribution in [-0.4, -0.2) is 4.92 Å². The van der Waals surface area contributed by atoms with Crippen molar-refractivity contribution in [2.24, 2.45) is 0 Å². The van der Waals surface area contributed by atoms with Crippen LogP contribution in [0.2, 0.25) is 0 Å². The van der Waals surface area contributed by atoms with Crippen molar-refractivity contribution in [3.8, 4) is 0 Å². The highest BCUT2D eigenvalue weighted by molar-refractivity contribution is 5.44. The predicted molar refractivity (Wildman–Crippen MR) is 109 cm³/mol. The standard InChI is InChI=1S/C23H28F3NO2/c1-5-21(6-2,17-12-14-20(15-13-17)27(28)29)22(7-3,8-4)18-10-9-11-19(16-18)23(24,25)26/h9-16H,5-8H2,1-4H3. The molecule has 0 atom stereocenters. The fourth-order valence-electron chi connectivity index (χ4n) is 5.12. The number of non-ortho nitro benzene ring substituents is 1. The van der Waals surface area contributed by atoms with Crippen molar-refractivity contribution in [2.75, 3.05) is 0 Å². The van der Waals surface area contributed by atoms with E-state index in [4.69, 9.17) is 0 Å². The molecule has 2 rings (SSSR count). The van der Waals surface area contributed by atoms with Gasteiger partial charge in [0.05, 0.1) is 10.5 Å². The van der Waals surface area contributed by atoms with Gasteiger partial charge >= 0.3 is 6.18 Å². The molecule has 0 spiro atoms. The van der Waals surface area contributed by atoms with Crippen LogP contribution in [-0.2, 0) is 17.0 Å². The van der Waals surface area contributed by atoms with Crippen molar-refractivity contribution in [2.45, 2.75) is 70.4 Å². The molecule has 0 fully saturated rings. The number of benzene rings is 2. The van der Waals surface area contributed by atoms with E-state index in [0.717, 1.165) is 11.6 Å². The molecule has 0 aliphatic rings. The van der Waals surface area contributed by atoms with Crippen molar-refractivity contribution < 1.29 is 18.1 Å². The Bertz CT molecular complexity index is 836. The monoisotopic (exact) mass is 407 g/mol. The Kier molecular flexibility index (Phi) is 6.76.